The molecule has 1 saturated heterocycles. The molecule has 0 spiro atoms. The summed E-state index contributed by atoms with van der Waals surface area (Å²) in [6, 6.07) is 7.34. The maximum atomic E-state index is 12.3. The normalized spacial score (nSPS) is 18.4. The third kappa shape index (κ3) is 4.40. The van der Waals surface area contributed by atoms with Gasteiger partial charge in [0.1, 0.15) is 11.6 Å². The van der Waals surface area contributed by atoms with Crippen LogP contribution in [-0.4, -0.2) is 23.4 Å². The predicted octanol–water partition coefficient (Wildman–Crippen LogP) is 4.60. The summed E-state index contributed by atoms with van der Waals surface area (Å²) >= 11 is 12.0. The molecule has 6 heteroatoms. The molecule has 0 saturated carbocycles. The van der Waals surface area contributed by atoms with Crippen LogP contribution in [0, 0.1) is 11.3 Å². The van der Waals surface area contributed by atoms with Crippen LogP contribution in [0.5, 0.6) is 0 Å². The second-order valence-electron chi connectivity index (χ2n) is 5.51. The lowest BCUT2D eigenvalue weighted by Crippen LogP contribution is -2.35. The van der Waals surface area contributed by atoms with Crippen LogP contribution < -0.4 is 5.32 Å². The fourth-order valence-electron chi connectivity index (χ4n) is 2.73. The van der Waals surface area contributed by atoms with Gasteiger partial charge < -0.3 is 10.2 Å². The van der Waals surface area contributed by atoms with Gasteiger partial charge in [-0.05, 0) is 37.8 Å². The number of nitrogens with zero attached hydrogens (tertiary/aromatic N) is 2. The molecule has 1 amide bonds. The van der Waals surface area contributed by atoms with E-state index in [0.717, 1.165) is 25.8 Å². The number of hydrogen-bond donors (Lipinski definition) is 1. The van der Waals surface area contributed by atoms with Gasteiger partial charge in [-0.3, -0.25) is 4.79 Å². The Morgan fingerprint density at radius 1 is 1.48 bits per heavy atom. The van der Waals surface area contributed by atoms with Crippen LogP contribution in [0.2, 0.25) is 10.0 Å². The van der Waals surface area contributed by atoms with Crippen molar-refractivity contribution in [1.29, 1.82) is 5.26 Å². The van der Waals surface area contributed by atoms with Crippen LogP contribution in [-0.2, 0) is 4.79 Å². The molecule has 23 heavy (non-hydrogen) atoms. The molecule has 2 rings (SSSR count). The number of piperidine rings is 1. The van der Waals surface area contributed by atoms with Gasteiger partial charge in [-0.15, -0.1) is 0 Å². The van der Waals surface area contributed by atoms with Crippen LogP contribution in [0.25, 0.3) is 0 Å². The Kier molecular flexibility index (Phi) is 6.32. The number of rotatable bonds is 4. The first-order chi connectivity index (χ1) is 11.1. The molecule has 0 radical (unpaired) electrons. The number of amides is 1. The van der Waals surface area contributed by atoms with Gasteiger partial charge in [-0.2, -0.15) is 5.26 Å². The van der Waals surface area contributed by atoms with Crippen LogP contribution in [0.15, 0.2) is 30.0 Å². The molecule has 122 valence electrons. The highest BCUT2D eigenvalue weighted by molar-refractivity contribution is 6.44. The van der Waals surface area contributed by atoms with E-state index in [0.29, 0.717) is 16.8 Å². The largest absolute Gasteiger partial charge is 0.373 e. The van der Waals surface area contributed by atoms with E-state index in [1.807, 2.05) is 6.07 Å². The van der Waals surface area contributed by atoms with E-state index in [1.165, 1.54) is 6.42 Å². The monoisotopic (exact) mass is 351 g/mol. The molecule has 1 heterocycles. The molecule has 0 bridgehead atoms. The molecule has 1 aromatic rings. The standard InChI is InChI=1S/C17H19Cl2N3O/c1-2-13-6-3-4-9-22(13)11-12(10-20)17(23)21-15-8-5-7-14(18)16(15)19/h5,7-8,11,13H,2-4,6,9H2,1H3,(H,21,23)/b12-11-. The Hall–Kier alpha value is -1.70. The number of carbonyl (C=O) groups is 1. The van der Waals surface area contributed by atoms with Gasteiger partial charge in [-0.25, -0.2) is 0 Å². The Labute approximate surface area is 146 Å². The van der Waals surface area contributed by atoms with Gasteiger partial charge in [0.15, 0.2) is 0 Å². The van der Waals surface area contributed by atoms with E-state index in [4.69, 9.17) is 23.2 Å². The van der Waals surface area contributed by atoms with Gasteiger partial charge >= 0.3 is 0 Å². The van der Waals surface area contributed by atoms with E-state index >= 15 is 0 Å². The number of nitrogens with one attached hydrogen (secondary N) is 1. The first-order valence-corrected chi connectivity index (χ1v) is 8.45. The maximum absolute atomic E-state index is 12.3. The fraction of sp³-hybridized carbons (Fsp3) is 0.412. The summed E-state index contributed by atoms with van der Waals surface area (Å²) in [7, 11) is 0. The van der Waals surface area contributed by atoms with Crippen molar-refractivity contribution in [2.24, 2.45) is 0 Å². The Morgan fingerprint density at radius 2 is 2.26 bits per heavy atom. The zero-order valence-corrected chi connectivity index (χ0v) is 14.5. The van der Waals surface area contributed by atoms with Crippen molar-refractivity contribution in [2.75, 3.05) is 11.9 Å². The Bertz CT molecular complexity index is 652. The number of anilines is 1. The second-order valence-corrected chi connectivity index (χ2v) is 6.29. The molecular weight excluding hydrogens is 333 g/mol. The minimum atomic E-state index is -0.475. The van der Waals surface area contributed by atoms with E-state index in [9.17, 15) is 10.1 Å². The number of nitriles is 1. The highest BCUT2D eigenvalue weighted by Gasteiger charge is 2.20. The summed E-state index contributed by atoms with van der Waals surface area (Å²) in [4.78, 5) is 14.4. The number of likely N-dealkylation sites (tertiary alicyclic amines) is 1. The third-order valence-corrected chi connectivity index (χ3v) is 4.82. The SMILES string of the molecule is CCC1CCCCN1/C=C(/C#N)C(=O)Nc1cccc(Cl)c1Cl. The van der Waals surface area contributed by atoms with Gasteiger partial charge in [0.05, 0.1) is 15.7 Å². The molecule has 1 N–H and O–H groups in total. The minimum absolute atomic E-state index is 0.0707. The van der Waals surface area contributed by atoms with Crippen molar-refractivity contribution in [1.82, 2.24) is 4.90 Å². The van der Waals surface area contributed by atoms with Crippen molar-refractivity contribution in [3.8, 4) is 6.07 Å². The molecule has 1 unspecified atom stereocenters. The summed E-state index contributed by atoms with van der Waals surface area (Å²) in [6.07, 6.45) is 6.02. The number of benzene rings is 1. The lowest BCUT2D eigenvalue weighted by atomic mass is 10.0. The molecule has 1 fully saturated rings. The van der Waals surface area contributed by atoms with Gasteiger partial charge in [0.2, 0.25) is 0 Å². The van der Waals surface area contributed by atoms with E-state index in [2.05, 4.69) is 17.1 Å². The smallest absolute Gasteiger partial charge is 0.267 e. The molecule has 1 aromatic carbocycles. The fourth-order valence-corrected chi connectivity index (χ4v) is 3.07. The van der Waals surface area contributed by atoms with Crippen molar-refractivity contribution in [2.45, 2.75) is 38.6 Å². The highest BCUT2D eigenvalue weighted by Crippen LogP contribution is 2.30. The van der Waals surface area contributed by atoms with Gasteiger partial charge in [-0.1, -0.05) is 36.2 Å². The van der Waals surface area contributed by atoms with Crippen molar-refractivity contribution >= 4 is 34.8 Å². The summed E-state index contributed by atoms with van der Waals surface area (Å²) in [6.45, 7) is 2.99. The van der Waals surface area contributed by atoms with E-state index in [1.54, 1.807) is 24.4 Å². The zero-order chi connectivity index (χ0) is 16.8. The maximum Gasteiger partial charge on any atom is 0.267 e. The Morgan fingerprint density at radius 3 is 2.96 bits per heavy atom. The van der Waals surface area contributed by atoms with Crippen molar-refractivity contribution < 1.29 is 4.79 Å². The minimum Gasteiger partial charge on any atom is -0.373 e. The average molecular weight is 352 g/mol. The lowest BCUT2D eigenvalue weighted by molar-refractivity contribution is -0.112. The molecule has 0 aromatic heterocycles. The van der Waals surface area contributed by atoms with E-state index in [-0.39, 0.29) is 10.6 Å². The number of hydrogen-bond acceptors (Lipinski definition) is 3. The average Bonchev–Trinajstić information content (AvgIpc) is 2.57. The summed E-state index contributed by atoms with van der Waals surface area (Å²) in [5, 5.41) is 12.6. The molecule has 1 aliphatic heterocycles. The van der Waals surface area contributed by atoms with Crippen molar-refractivity contribution in [3.05, 3.63) is 40.0 Å². The molecule has 1 atom stereocenters. The third-order valence-electron chi connectivity index (χ3n) is 4.00. The van der Waals surface area contributed by atoms with Crippen LogP contribution >= 0.6 is 23.2 Å². The number of carbonyl (C=O) groups excluding carboxylic acids is 1. The quantitative estimate of drug-likeness (QED) is 0.636. The molecule has 4 nitrogen and oxygen atoms in total. The van der Waals surface area contributed by atoms with Crippen molar-refractivity contribution in [3.63, 3.8) is 0 Å². The summed E-state index contributed by atoms with van der Waals surface area (Å²) in [5.74, 6) is -0.475. The first-order valence-electron chi connectivity index (χ1n) is 7.69. The van der Waals surface area contributed by atoms with Crippen LogP contribution in [0.3, 0.4) is 0 Å². The van der Waals surface area contributed by atoms with E-state index < -0.39 is 5.91 Å². The lowest BCUT2D eigenvalue weighted by Gasteiger charge is -2.34. The van der Waals surface area contributed by atoms with Crippen LogP contribution in [0.4, 0.5) is 5.69 Å². The topological polar surface area (TPSA) is 56.1 Å². The Balaban J connectivity index is 2.16. The highest BCUT2D eigenvalue weighted by atomic mass is 35.5. The zero-order valence-electron chi connectivity index (χ0n) is 13.0. The molecule has 1 aliphatic rings. The van der Waals surface area contributed by atoms with Gasteiger partial charge in [0.25, 0.3) is 5.91 Å². The molecular formula is C17H19Cl2N3O. The van der Waals surface area contributed by atoms with Crippen LogP contribution in [0.1, 0.15) is 32.6 Å². The second kappa shape index (κ2) is 8.24. The van der Waals surface area contributed by atoms with Gasteiger partial charge in [0, 0.05) is 18.8 Å². The number of halogens is 2. The summed E-state index contributed by atoms with van der Waals surface area (Å²) < 4.78 is 0. The predicted molar refractivity (Wildman–Crippen MR) is 93.4 cm³/mol. The summed E-state index contributed by atoms with van der Waals surface area (Å²) in [5.41, 5.74) is 0.470. The molecule has 0 aliphatic carbocycles. The first kappa shape index (κ1) is 17.7.